The van der Waals surface area contributed by atoms with Crippen LogP contribution in [-0.4, -0.2) is 30.1 Å². The van der Waals surface area contributed by atoms with Gasteiger partial charge in [-0.2, -0.15) is 10.1 Å². The van der Waals surface area contributed by atoms with E-state index in [-0.39, 0.29) is 0 Å². The van der Waals surface area contributed by atoms with Crippen molar-refractivity contribution < 1.29 is 4.63 Å². The van der Waals surface area contributed by atoms with Crippen LogP contribution in [0.15, 0.2) is 28.9 Å². The van der Waals surface area contributed by atoms with Crippen LogP contribution in [0.1, 0.15) is 22.5 Å². The fourth-order valence-corrected chi connectivity index (χ4v) is 2.89. The molecular formula is C17H17N7O. The van der Waals surface area contributed by atoms with E-state index < -0.39 is 0 Å². The lowest BCUT2D eigenvalue weighted by molar-refractivity contribution is 0.314. The van der Waals surface area contributed by atoms with E-state index in [2.05, 4.69) is 50.6 Å². The molecule has 1 N–H and O–H groups in total. The van der Waals surface area contributed by atoms with Gasteiger partial charge in [0.2, 0.25) is 11.3 Å². The van der Waals surface area contributed by atoms with Crippen molar-refractivity contribution in [1.29, 1.82) is 0 Å². The second kappa shape index (κ2) is 5.66. The number of benzene rings is 1. The number of nitrogens with zero attached hydrogens (tertiary/aromatic N) is 6. The molecule has 0 saturated heterocycles. The molecule has 0 fully saturated rings. The Balaban J connectivity index is 1.89. The first-order chi connectivity index (χ1) is 12.0. The Morgan fingerprint density at radius 2 is 1.56 bits per heavy atom. The summed E-state index contributed by atoms with van der Waals surface area (Å²) in [6.45, 7) is 8.00. The summed E-state index contributed by atoms with van der Waals surface area (Å²) in [5.41, 5.74) is 5.77. The summed E-state index contributed by atoms with van der Waals surface area (Å²) in [4.78, 5) is 9.04. The lowest BCUT2D eigenvalue weighted by atomic mass is 10.1. The fraction of sp³-hybridized carbons (Fsp3) is 0.235. The van der Waals surface area contributed by atoms with Gasteiger partial charge in [0, 0.05) is 11.4 Å². The van der Waals surface area contributed by atoms with Gasteiger partial charge < -0.3 is 5.32 Å². The third-order valence-corrected chi connectivity index (χ3v) is 3.79. The molecule has 0 aliphatic carbocycles. The Morgan fingerprint density at radius 3 is 2.20 bits per heavy atom. The normalized spacial score (nSPS) is 11.2. The van der Waals surface area contributed by atoms with Gasteiger partial charge in [-0.15, -0.1) is 0 Å². The van der Waals surface area contributed by atoms with E-state index in [1.807, 2.05) is 32.0 Å². The van der Waals surface area contributed by atoms with E-state index in [1.165, 1.54) is 0 Å². The smallest absolute Gasteiger partial charge is 0.245 e. The van der Waals surface area contributed by atoms with Crippen molar-refractivity contribution in [2.24, 2.45) is 0 Å². The molecule has 3 heterocycles. The van der Waals surface area contributed by atoms with Gasteiger partial charge in [0.25, 0.3) is 0 Å². The molecule has 8 heteroatoms. The third-order valence-electron chi connectivity index (χ3n) is 3.79. The van der Waals surface area contributed by atoms with Gasteiger partial charge in [0.1, 0.15) is 0 Å². The zero-order valence-corrected chi connectivity index (χ0v) is 14.4. The maximum absolute atomic E-state index is 4.75. The maximum atomic E-state index is 4.75. The zero-order chi connectivity index (χ0) is 17.6. The average Bonchev–Trinajstić information content (AvgIpc) is 3.10. The minimum Gasteiger partial charge on any atom is -0.337 e. The summed E-state index contributed by atoms with van der Waals surface area (Å²) in [6.07, 6.45) is 0. The van der Waals surface area contributed by atoms with Crippen LogP contribution in [0.4, 0.5) is 11.5 Å². The number of aromatic nitrogens is 6. The number of fused-ring (bicyclic) bond motifs is 1. The molecule has 0 aliphatic heterocycles. The first-order valence-electron chi connectivity index (χ1n) is 7.89. The number of aryl methyl sites for hydroxylation is 4. The molecular weight excluding hydrogens is 318 g/mol. The van der Waals surface area contributed by atoms with Crippen LogP contribution in [0.5, 0.6) is 0 Å². The van der Waals surface area contributed by atoms with Crippen molar-refractivity contribution in [2.75, 3.05) is 5.32 Å². The number of rotatable bonds is 3. The number of nitrogens with one attached hydrogen (secondary N) is 1. The molecule has 8 nitrogen and oxygen atoms in total. The predicted molar refractivity (Wildman–Crippen MR) is 93.2 cm³/mol. The molecule has 25 heavy (non-hydrogen) atoms. The highest BCUT2D eigenvalue weighted by atomic mass is 16.6. The summed E-state index contributed by atoms with van der Waals surface area (Å²) >= 11 is 0. The number of hydrogen-bond acceptors (Lipinski definition) is 7. The summed E-state index contributed by atoms with van der Waals surface area (Å²) in [7, 11) is 0. The summed E-state index contributed by atoms with van der Waals surface area (Å²) in [6, 6.07) is 8.19. The first kappa shape index (κ1) is 15.3. The molecule has 126 valence electrons. The highest BCUT2D eigenvalue weighted by molar-refractivity contribution is 5.73. The Bertz CT molecular complexity index is 1060. The SMILES string of the molecule is Cc1cc(C)cc(Nc2nc3nonc3nc2-n2nc(C)cc2C)c1. The second-order valence-corrected chi connectivity index (χ2v) is 6.15. The molecule has 0 bridgehead atoms. The predicted octanol–water partition coefficient (Wildman–Crippen LogP) is 3.18. The highest BCUT2D eigenvalue weighted by Crippen LogP contribution is 2.25. The van der Waals surface area contributed by atoms with Gasteiger partial charge in [-0.25, -0.2) is 14.3 Å². The van der Waals surface area contributed by atoms with Gasteiger partial charge in [0.15, 0.2) is 11.6 Å². The molecule has 0 radical (unpaired) electrons. The van der Waals surface area contributed by atoms with E-state index in [0.29, 0.717) is 22.9 Å². The highest BCUT2D eigenvalue weighted by Gasteiger charge is 2.17. The Morgan fingerprint density at radius 1 is 0.880 bits per heavy atom. The maximum Gasteiger partial charge on any atom is 0.245 e. The zero-order valence-electron chi connectivity index (χ0n) is 14.4. The lowest BCUT2D eigenvalue weighted by Crippen LogP contribution is -2.08. The molecule has 4 aromatic rings. The van der Waals surface area contributed by atoms with Crippen LogP contribution in [-0.2, 0) is 0 Å². The van der Waals surface area contributed by atoms with Crippen LogP contribution < -0.4 is 5.32 Å². The van der Waals surface area contributed by atoms with E-state index in [4.69, 9.17) is 4.63 Å². The minimum absolute atomic E-state index is 0.341. The molecule has 3 aromatic heterocycles. The minimum atomic E-state index is 0.341. The number of anilines is 2. The molecule has 0 unspecified atom stereocenters. The molecule has 0 atom stereocenters. The monoisotopic (exact) mass is 335 g/mol. The Kier molecular flexibility index (Phi) is 3.45. The van der Waals surface area contributed by atoms with Crippen LogP contribution in [0.3, 0.4) is 0 Å². The Hall–Kier alpha value is -3.29. The van der Waals surface area contributed by atoms with Gasteiger partial charge in [-0.05, 0) is 67.3 Å². The van der Waals surface area contributed by atoms with Crippen LogP contribution >= 0.6 is 0 Å². The quantitative estimate of drug-likeness (QED) is 0.614. The van der Waals surface area contributed by atoms with Crippen molar-refractivity contribution in [3.8, 4) is 5.82 Å². The van der Waals surface area contributed by atoms with E-state index in [9.17, 15) is 0 Å². The standard InChI is InChI=1S/C17H17N7O/c1-9-5-10(2)7-13(6-9)18-16-17(24-12(4)8-11(3)21-24)20-15-14(19-16)22-25-23-15/h5-8H,1-4H3,(H,18,19,22). The van der Waals surface area contributed by atoms with Gasteiger partial charge in [-0.1, -0.05) is 6.07 Å². The van der Waals surface area contributed by atoms with Crippen molar-refractivity contribution in [3.05, 3.63) is 46.8 Å². The fourth-order valence-electron chi connectivity index (χ4n) is 2.89. The summed E-state index contributed by atoms with van der Waals surface area (Å²) < 4.78 is 6.49. The lowest BCUT2D eigenvalue weighted by Gasteiger charge is -2.12. The molecule has 1 aromatic carbocycles. The van der Waals surface area contributed by atoms with Crippen molar-refractivity contribution in [1.82, 2.24) is 30.1 Å². The third kappa shape index (κ3) is 2.82. The van der Waals surface area contributed by atoms with Gasteiger partial charge in [0.05, 0.1) is 5.69 Å². The second-order valence-electron chi connectivity index (χ2n) is 6.15. The van der Waals surface area contributed by atoms with Crippen LogP contribution in [0.2, 0.25) is 0 Å². The van der Waals surface area contributed by atoms with E-state index in [1.54, 1.807) is 4.68 Å². The van der Waals surface area contributed by atoms with E-state index in [0.717, 1.165) is 28.2 Å². The van der Waals surface area contributed by atoms with Crippen LogP contribution in [0.25, 0.3) is 17.1 Å². The van der Waals surface area contributed by atoms with Gasteiger partial charge >= 0.3 is 0 Å². The average molecular weight is 335 g/mol. The van der Waals surface area contributed by atoms with Crippen molar-refractivity contribution in [2.45, 2.75) is 27.7 Å². The molecule has 0 saturated carbocycles. The molecule has 0 aliphatic rings. The molecule has 0 spiro atoms. The topological polar surface area (TPSA) is 94.5 Å². The summed E-state index contributed by atoms with van der Waals surface area (Å²) in [5, 5.41) is 15.4. The first-order valence-corrected chi connectivity index (χ1v) is 7.89. The van der Waals surface area contributed by atoms with Gasteiger partial charge in [-0.3, -0.25) is 0 Å². The Labute approximate surface area is 143 Å². The van der Waals surface area contributed by atoms with Crippen molar-refractivity contribution >= 4 is 22.8 Å². The number of hydrogen-bond donors (Lipinski definition) is 1. The van der Waals surface area contributed by atoms with Crippen molar-refractivity contribution in [3.63, 3.8) is 0 Å². The molecule has 0 amide bonds. The largest absolute Gasteiger partial charge is 0.337 e. The van der Waals surface area contributed by atoms with Crippen LogP contribution in [0, 0.1) is 27.7 Å². The van der Waals surface area contributed by atoms with E-state index >= 15 is 0 Å². The molecule has 4 rings (SSSR count). The summed E-state index contributed by atoms with van der Waals surface area (Å²) in [5.74, 6) is 1.09.